The fourth-order valence-electron chi connectivity index (χ4n) is 2.04. The molecule has 4 heteroatoms. The predicted molar refractivity (Wildman–Crippen MR) is 84.5 cm³/mol. The Bertz CT molecular complexity index is 829. The van der Waals surface area contributed by atoms with Gasteiger partial charge < -0.3 is 0 Å². The molecule has 1 aromatic heterocycles. The third kappa shape index (κ3) is 2.71. The highest BCUT2D eigenvalue weighted by atomic mass is 32.1. The Hall–Kier alpha value is -2.46. The van der Waals surface area contributed by atoms with Crippen LogP contribution in [-0.2, 0) is 0 Å². The quantitative estimate of drug-likeness (QED) is 0.694. The van der Waals surface area contributed by atoms with Crippen LogP contribution >= 0.6 is 11.5 Å². The third-order valence-electron chi connectivity index (χ3n) is 3.17. The molecule has 0 N–H and O–H groups in total. The summed E-state index contributed by atoms with van der Waals surface area (Å²) in [6.07, 6.45) is 0. The monoisotopic (exact) mass is 295 g/mol. The number of rotatable bonds is 3. The van der Waals surface area contributed by atoms with Gasteiger partial charge in [-0.15, -0.1) is 0 Å². The van der Waals surface area contributed by atoms with Gasteiger partial charge in [-0.2, -0.15) is 0 Å². The zero-order valence-corrected chi connectivity index (χ0v) is 12.3. The molecule has 1 heterocycles. The summed E-state index contributed by atoms with van der Waals surface area (Å²) < 4.78 is 1.54. The lowest BCUT2D eigenvalue weighted by Gasteiger charge is -2.00. The first kappa shape index (κ1) is 13.5. The Balaban J connectivity index is 2.00. The number of benzene rings is 2. The molecule has 104 valence electrons. The summed E-state index contributed by atoms with van der Waals surface area (Å²) in [5.74, 6) is -0.122. The van der Waals surface area contributed by atoms with Crippen molar-refractivity contribution in [3.8, 4) is 5.69 Å². The molecule has 0 atom stereocenters. The molecule has 3 rings (SSSR count). The van der Waals surface area contributed by atoms with E-state index in [1.807, 2.05) is 49.4 Å². The lowest BCUT2D eigenvalue weighted by Crippen LogP contribution is -2.09. The second-order valence-electron chi connectivity index (χ2n) is 4.76. The van der Waals surface area contributed by atoms with Crippen molar-refractivity contribution in [1.29, 1.82) is 0 Å². The molecule has 0 bridgehead atoms. The molecule has 21 heavy (non-hydrogen) atoms. The largest absolute Gasteiger partial charge is 0.288 e. The summed E-state index contributed by atoms with van der Waals surface area (Å²) in [6.45, 7) is 1.99. The van der Waals surface area contributed by atoms with Crippen LogP contribution in [0.25, 0.3) is 5.69 Å². The van der Waals surface area contributed by atoms with Gasteiger partial charge in [-0.3, -0.25) is 9.59 Å². The van der Waals surface area contributed by atoms with Crippen LogP contribution in [0, 0.1) is 6.92 Å². The van der Waals surface area contributed by atoms with Crippen LogP contribution in [0.5, 0.6) is 0 Å². The highest BCUT2D eigenvalue weighted by Crippen LogP contribution is 2.17. The molecule has 3 aromatic rings. The summed E-state index contributed by atoms with van der Waals surface area (Å²) in [6, 6.07) is 18.0. The summed E-state index contributed by atoms with van der Waals surface area (Å²) >= 11 is 1.18. The molecule has 0 radical (unpaired) electrons. The number of carbonyl (C=O) groups is 1. The van der Waals surface area contributed by atoms with Crippen molar-refractivity contribution in [3.05, 3.63) is 87.0 Å². The average Bonchev–Trinajstić information content (AvgIpc) is 2.90. The molecule has 3 nitrogen and oxygen atoms in total. The maximum absolute atomic E-state index is 12.4. The van der Waals surface area contributed by atoms with E-state index in [0.29, 0.717) is 10.4 Å². The van der Waals surface area contributed by atoms with Crippen LogP contribution < -0.4 is 5.56 Å². The molecule has 0 saturated heterocycles. The van der Waals surface area contributed by atoms with Crippen molar-refractivity contribution in [2.75, 3.05) is 0 Å². The van der Waals surface area contributed by atoms with Crippen LogP contribution in [0.15, 0.2) is 65.5 Å². The minimum Gasteiger partial charge on any atom is -0.288 e. The van der Waals surface area contributed by atoms with Crippen LogP contribution in [0.4, 0.5) is 0 Å². The van der Waals surface area contributed by atoms with E-state index < -0.39 is 0 Å². The highest BCUT2D eigenvalue weighted by molar-refractivity contribution is 7.09. The molecule has 0 spiro atoms. The van der Waals surface area contributed by atoms with Crippen molar-refractivity contribution >= 4 is 17.3 Å². The summed E-state index contributed by atoms with van der Waals surface area (Å²) in [7, 11) is 0. The zero-order valence-electron chi connectivity index (χ0n) is 11.4. The SMILES string of the molecule is Cc1ccc(-n2sc(C(=O)c3ccccc3)cc2=O)cc1. The summed E-state index contributed by atoms with van der Waals surface area (Å²) in [5.41, 5.74) is 2.32. The number of ketones is 1. The number of carbonyl (C=O) groups excluding carboxylic acids is 1. The third-order valence-corrected chi connectivity index (χ3v) is 4.25. The van der Waals surface area contributed by atoms with E-state index in [2.05, 4.69) is 0 Å². The van der Waals surface area contributed by atoms with Gasteiger partial charge in [-0.05, 0) is 30.6 Å². The summed E-state index contributed by atoms with van der Waals surface area (Å²) in [5, 5.41) is 0. The Labute approximate surface area is 126 Å². The normalized spacial score (nSPS) is 10.5. The van der Waals surface area contributed by atoms with Gasteiger partial charge in [0.1, 0.15) is 0 Å². The second-order valence-corrected chi connectivity index (χ2v) is 5.75. The van der Waals surface area contributed by atoms with E-state index in [1.165, 1.54) is 21.6 Å². The second kappa shape index (κ2) is 5.50. The van der Waals surface area contributed by atoms with Gasteiger partial charge in [0.05, 0.1) is 10.6 Å². The topological polar surface area (TPSA) is 39.1 Å². The minimum atomic E-state index is -0.178. The number of hydrogen-bond donors (Lipinski definition) is 0. The molecular formula is C17H13NO2S. The molecule has 0 saturated carbocycles. The predicted octanol–water partition coefficient (Wildman–Crippen LogP) is 3.44. The van der Waals surface area contributed by atoms with Gasteiger partial charge in [-0.25, -0.2) is 3.96 Å². The smallest absolute Gasteiger partial charge is 0.266 e. The van der Waals surface area contributed by atoms with Gasteiger partial charge in [0, 0.05) is 11.6 Å². The lowest BCUT2D eigenvalue weighted by atomic mass is 10.1. The number of aryl methyl sites for hydroxylation is 1. The maximum Gasteiger partial charge on any atom is 0.266 e. The first-order valence-corrected chi connectivity index (χ1v) is 7.32. The van der Waals surface area contributed by atoms with Crippen molar-refractivity contribution in [2.45, 2.75) is 6.92 Å². The van der Waals surface area contributed by atoms with Crippen LogP contribution in [0.3, 0.4) is 0 Å². The molecule has 0 aliphatic carbocycles. The molecule has 0 aliphatic rings. The van der Waals surface area contributed by atoms with Gasteiger partial charge >= 0.3 is 0 Å². The molecule has 0 amide bonds. The van der Waals surface area contributed by atoms with Gasteiger partial charge in [0.2, 0.25) is 5.78 Å². The van der Waals surface area contributed by atoms with E-state index in [-0.39, 0.29) is 11.3 Å². The van der Waals surface area contributed by atoms with Gasteiger partial charge in [-0.1, -0.05) is 48.0 Å². The Morgan fingerprint density at radius 1 is 1.00 bits per heavy atom. The fraction of sp³-hybridized carbons (Fsp3) is 0.0588. The number of hydrogen-bond acceptors (Lipinski definition) is 3. The zero-order chi connectivity index (χ0) is 14.8. The molecule has 0 fully saturated rings. The van der Waals surface area contributed by atoms with E-state index >= 15 is 0 Å². The maximum atomic E-state index is 12.4. The van der Waals surface area contributed by atoms with E-state index in [0.717, 1.165) is 11.3 Å². The van der Waals surface area contributed by atoms with Crippen molar-refractivity contribution < 1.29 is 4.79 Å². The van der Waals surface area contributed by atoms with Crippen LogP contribution in [0.2, 0.25) is 0 Å². The number of aromatic nitrogens is 1. The van der Waals surface area contributed by atoms with Crippen LogP contribution in [-0.4, -0.2) is 9.74 Å². The average molecular weight is 295 g/mol. The highest BCUT2D eigenvalue weighted by Gasteiger charge is 2.14. The first-order chi connectivity index (χ1) is 10.1. The molecular weight excluding hydrogens is 282 g/mol. The number of nitrogens with zero attached hydrogens (tertiary/aromatic N) is 1. The first-order valence-electron chi connectivity index (χ1n) is 6.55. The molecule has 0 unspecified atom stereocenters. The Kier molecular flexibility index (Phi) is 3.54. The van der Waals surface area contributed by atoms with E-state index in [4.69, 9.17) is 0 Å². The Morgan fingerprint density at radius 2 is 1.67 bits per heavy atom. The van der Waals surface area contributed by atoms with E-state index in [9.17, 15) is 9.59 Å². The Morgan fingerprint density at radius 3 is 2.33 bits per heavy atom. The van der Waals surface area contributed by atoms with Gasteiger partial charge in [0.15, 0.2) is 0 Å². The fourth-order valence-corrected chi connectivity index (χ4v) is 2.96. The van der Waals surface area contributed by atoms with Crippen molar-refractivity contribution in [2.24, 2.45) is 0 Å². The standard InChI is InChI=1S/C17H13NO2S/c1-12-7-9-14(10-8-12)18-16(19)11-15(21-18)17(20)13-5-3-2-4-6-13/h2-11H,1H3. The van der Waals surface area contributed by atoms with Gasteiger partial charge in [0.25, 0.3) is 5.56 Å². The van der Waals surface area contributed by atoms with Crippen LogP contribution in [0.1, 0.15) is 20.8 Å². The lowest BCUT2D eigenvalue weighted by molar-refractivity contribution is 0.104. The van der Waals surface area contributed by atoms with Crippen molar-refractivity contribution in [3.63, 3.8) is 0 Å². The van der Waals surface area contributed by atoms with Crippen molar-refractivity contribution in [1.82, 2.24) is 3.96 Å². The summed E-state index contributed by atoms with van der Waals surface area (Å²) in [4.78, 5) is 24.9. The molecule has 0 aliphatic heterocycles. The molecule has 2 aromatic carbocycles. The van der Waals surface area contributed by atoms with E-state index in [1.54, 1.807) is 12.1 Å². The minimum absolute atomic E-state index is 0.122.